The number of hydrogen-bond acceptors (Lipinski definition) is 3. The quantitative estimate of drug-likeness (QED) is 0.168. The van der Waals surface area contributed by atoms with Crippen LogP contribution in [0.5, 0.6) is 0 Å². The second-order valence-electron chi connectivity index (χ2n) is 19.0. The average Bonchev–Trinajstić information content (AvgIpc) is 3.83. The van der Waals surface area contributed by atoms with Crippen molar-refractivity contribution in [3.63, 3.8) is 0 Å². The maximum absolute atomic E-state index is 5.35. The summed E-state index contributed by atoms with van der Waals surface area (Å²) in [6, 6.07) is 67.5. The summed E-state index contributed by atoms with van der Waals surface area (Å²) in [5.74, 6) is 1.87. The Kier molecular flexibility index (Phi) is 9.21. The monoisotopic (exact) mass is 827 g/mol. The zero-order chi connectivity index (χ0) is 43.7. The Morgan fingerprint density at radius 1 is 0.328 bits per heavy atom. The first-order chi connectivity index (χ1) is 31.0. The zero-order valence-corrected chi connectivity index (χ0v) is 37.1. The van der Waals surface area contributed by atoms with E-state index in [1.165, 1.54) is 43.7 Å². The van der Waals surface area contributed by atoms with E-state index in [2.05, 4.69) is 202 Å². The molecule has 0 radical (unpaired) electrons. The summed E-state index contributed by atoms with van der Waals surface area (Å²) < 4.78 is 4.79. The molecule has 0 N–H and O–H groups in total. The van der Waals surface area contributed by atoms with E-state index in [9.17, 15) is 0 Å². The average molecular weight is 828 g/mol. The van der Waals surface area contributed by atoms with Crippen LogP contribution in [0.15, 0.2) is 188 Å². The molecular formula is C59H49N5. The van der Waals surface area contributed by atoms with Gasteiger partial charge in [-0.05, 0) is 99.8 Å². The molecule has 0 amide bonds. The Hall–Kier alpha value is -7.63. The Morgan fingerprint density at radius 2 is 0.766 bits per heavy atom. The molecule has 310 valence electrons. The number of rotatable bonds is 6. The predicted octanol–water partition coefficient (Wildman–Crippen LogP) is 15.3. The molecule has 5 nitrogen and oxygen atoms in total. The van der Waals surface area contributed by atoms with Crippen molar-refractivity contribution in [1.82, 2.24) is 24.1 Å². The highest BCUT2D eigenvalue weighted by molar-refractivity contribution is 6.12. The Balaban J connectivity index is 1.20. The maximum atomic E-state index is 5.35. The van der Waals surface area contributed by atoms with Crippen LogP contribution in [0, 0.1) is 0 Å². The maximum Gasteiger partial charge on any atom is 0.166 e. The van der Waals surface area contributed by atoms with E-state index in [1.807, 2.05) is 36.4 Å². The smallest absolute Gasteiger partial charge is 0.166 e. The van der Waals surface area contributed by atoms with Crippen molar-refractivity contribution >= 4 is 43.6 Å². The standard InChI is InChI=1S/C59H49N5/c1-58(2,3)42-28-32-52-47(36-42)48-37-43(59(4,5)6)29-33-53(48)64(52)54-31-27-41(40-26-30-51-46(34-40)45-24-16-17-25-50(45)63(51)44-22-14-9-15-23-44)35-49(54)57-61-55(38-18-10-7-11-19-38)60-56(62-57)39-20-12-8-13-21-39/h7-37H,1-6H3. The summed E-state index contributed by atoms with van der Waals surface area (Å²) in [5.41, 5.74) is 14.3. The van der Waals surface area contributed by atoms with Crippen LogP contribution in [-0.4, -0.2) is 24.1 Å². The zero-order valence-electron chi connectivity index (χ0n) is 37.1. The fourth-order valence-electron chi connectivity index (χ4n) is 9.24. The summed E-state index contributed by atoms with van der Waals surface area (Å²) in [4.78, 5) is 15.8. The Labute approximate surface area is 374 Å². The number of hydrogen-bond donors (Lipinski definition) is 0. The fourth-order valence-corrected chi connectivity index (χ4v) is 9.24. The van der Waals surface area contributed by atoms with Crippen LogP contribution in [0.2, 0.25) is 0 Å². The third-order valence-electron chi connectivity index (χ3n) is 12.7. The highest BCUT2D eigenvalue weighted by Gasteiger charge is 2.24. The minimum atomic E-state index is -0.0158. The van der Waals surface area contributed by atoms with E-state index in [4.69, 9.17) is 15.0 Å². The first kappa shape index (κ1) is 39.2. The lowest BCUT2D eigenvalue weighted by Gasteiger charge is -2.19. The van der Waals surface area contributed by atoms with Crippen molar-refractivity contribution in [3.8, 4) is 56.7 Å². The van der Waals surface area contributed by atoms with Gasteiger partial charge in [0.2, 0.25) is 0 Å². The van der Waals surface area contributed by atoms with E-state index in [-0.39, 0.29) is 10.8 Å². The number of aromatic nitrogens is 5. The van der Waals surface area contributed by atoms with Crippen molar-refractivity contribution in [3.05, 3.63) is 199 Å². The molecule has 11 rings (SSSR count). The SMILES string of the molecule is CC(C)(C)c1ccc2c(c1)c1cc(C(C)(C)C)ccc1n2-c1ccc(-c2ccc3c(c2)c2ccccc2n3-c2ccccc2)cc1-c1nc(-c2ccccc2)nc(-c2ccccc2)n1. The summed E-state index contributed by atoms with van der Waals surface area (Å²) in [6.45, 7) is 13.7. The van der Waals surface area contributed by atoms with Gasteiger partial charge < -0.3 is 9.13 Å². The molecule has 0 aliphatic carbocycles. The predicted molar refractivity (Wildman–Crippen MR) is 268 cm³/mol. The summed E-state index contributed by atoms with van der Waals surface area (Å²) in [7, 11) is 0. The van der Waals surface area contributed by atoms with Gasteiger partial charge in [0.05, 0.1) is 27.8 Å². The van der Waals surface area contributed by atoms with Gasteiger partial charge in [0.1, 0.15) is 0 Å². The molecular weight excluding hydrogens is 779 g/mol. The molecule has 0 bridgehead atoms. The second-order valence-corrected chi connectivity index (χ2v) is 19.0. The van der Waals surface area contributed by atoms with E-state index in [1.54, 1.807) is 0 Å². The number of nitrogens with zero attached hydrogens (tertiary/aromatic N) is 5. The lowest BCUT2D eigenvalue weighted by Crippen LogP contribution is -2.10. The Bertz CT molecular complexity index is 3420. The van der Waals surface area contributed by atoms with Crippen LogP contribution in [0.4, 0.5) is 0 Å². The first-order valence-electron chi connectivity index (χ1n) is 22.2. The molecule has 64 heavy (non-hydrogen) atoms. The topological polar surface area (TPSA) is 48.5 Å². The van der Waals surface area contributed by atoms with E-state index in [0.29, 0.717) is 17.5 Å². The molecule has 0 aliphatic rings. The van der Waals surface area contributed by atoms with Crippen molar-refractivity contribution in [2.45, 2.75) is 52.4 Å². The lowest BCUT2D eigenvalue weighted by molar-refractivity contribution is 0.590. The van der Waals surface area contributed by atoms with Crippen molar-refractivity contribution < 1.29 is 0 Å². The van der Waals surface area contributed by atoms with Gasteiger partial charge in [-0.2, -0.15) is 0 Å². The van der Waals surface area contributed by atoms with Crippen LogP contribution < -0.4 is 0 Å². The van der Waals surface area contributed by atoms with Crippen molar-refractivity contribution in [1.29, 1.82) is 0 Å². The van der Waals surface area contributed by atoms with Crippen LogP contribution in [0.1, 0.15) is 52.7 Å². The van der Waals surface area contributed by atoms with E-state index >= 15 is 0 Å². The minimum Gasteiger partial charge on any atom is -0.309 e. The molecule has 0 atom stereocenters. The van der Waals surface area contributed by atoms with Crippen molar-refractivity contribution in [2.24, 2.45) is 0 Å². The van der Waals surface area contributed by atoms with E-state index in [0.717, 1.165) is 50.2 Å². The van der Waals surface area contributed by atoms with Gasteiger partial charge in [-0.15, -0.1) is 0 Å². The van der Waals surface area contributed by atoms with Crippen LogP contribution in [-0.2, 0) is 10.8 Å². The molecule has 0 unspecified atom stereocenters. The van der Waals surface area contributed by atoms with E-state index < -0.39 is 0 Å². The van der Waals surface area contributed by atoms with Gasteiger partial charge in [-0.3, -0.25) is 0 Å². The first-order valence-corrected chi connectivity index (χ1v) is 22.2. The van der Waals surface area contributed by atoms with Gasteiger partial charge in [-0.25, -0.2) is 15.0 Å². The number of fused-ring (bicyclic) bond motifs is 6. The highest BCUT2D eigenvalue weighted by atomic mass is 15.1. The molecule has 0 fully saturated rings. The fraction of sp³-hybridized carbons (Fsp3) is 0.136. The third kappa shape index (κ3) is 6.76. The van der Waals surface area contributed by atoms with Crippen molar-refractivity contribution in [2.75, 3.05) is 0 Å². The molecule has 0 spiro atoms. The molecule has 3 heterocycles. The van der Waals surface area contributed by atoms with Crippen LogP contribution in [0.25, 0.3) is 100 Å². The lowest BCUT2D eigenvalue weighted by atomic mass is 9.85. The summed E-state index contributed by atoms with van der Waals surface area (Å²) >= 11 is 0. The molecule has 5 heteroatoms. The number of para-hydroxylation sites is 2. The van der Waals surface area contributed by atoms with Gasteiger partial charge >= 0.3 is 0 Å². The molecule has 8 aromatic carbocycles. The van der Waals surface area contributed by atoms with Gasteiger partial charge in [0.15, 0.2) is 17.5 Å². The van der Waals surface area contributed by atoms with Gasteiger partial charge in [-0.1, -0.05) is 163 Å². The molecule has 11 aromatic rings. The normalized spacial score (nSPS) is 12.2. The molecule has 0 aliphatic heterocycles. The molecule has 0 saturated heterocycles. The third-order valence-corrected chi connectivity index (χ3v) is 12.7. The van der Waals surface area contributed by atoms with Crippen LogP contribution in [0.3, 0.4) is 0 Å². The van der Waals surface area contributed by atoms with Crippen LogP contribution >= 0.6 is 0 Å². The molecule has 0 saturated carbocycles. The molecule has 3 aromatic heterocycles. The second kappa shape index (κ2) is 15.0. The van der Waals surface area contributed by atoms with Gasteiger partial charge in [0.25, 0.3) is 0 Å². The minimum absolute atomic E-state index is 0.0158. The summed E-state index contributed by atoms with van der Waals surface area (Å²) in [5, 5.41) is 4.88. The number of benzene rings is 8. The largest absolute Gasteiger partial charge is 0.309 e. The van der Waals surface area contributed by atoms with Gasteiger partial charge in [0, 0.05) is 43.9 Å². The Morgan fingerprint density at radius 3 is 1.34 bits per heavy atom. The summed E-state index contributed by atoms with van der Waals surface area (Å²) in [6.07, 6.45) is 0. The highest BCUT2D eigenvalue weighted by Crippen LogP contribution is 2.42.